The van der Waals surface area contributed by atoms with Gasteiger partial charge in [0.2, 0.25) is 0 Å². The fraction of sp³-hybridized carbons (Fsp3) is 0.125. The largest absolute Gasteiger partial charge is 0.488 e. The van der Waals surface area contributed by atoms with Crippen molar-refractivity contribution in [2.24, 2.45) is 0 Å². The number of hydrogen-bond acceptors (Lipinski definition) is 4. The van der Waals surface area contributed by atoms with Crippen molar-refractivity contribution in [3.05, 3.63) is 36.2 Å². The molecule has 66 valence electrons. The van der Waals surface area contributed by atoms with Gasteiger partial charge in [0.25, 0.3) is 0 Å². The highest BCUT2D eigenvalue weighted by molar-refractivity contribution is 5.20. The Bertz CT molecular complexity index is 346. The smallest absolute Gasteiger partial charge is 0.120 e. The quantitative estimate of drug-likeness (QED) is 0.676. The molecule has 0 aliphatic heterocycles. The fourth-order valence-electron chi connectivity index (χ4n) is 0.886. The maximum Gasteiger partial charge on any atom is 0.120 e. The highest BCUT2D eigenvalue weighted by atomic mass is 16.5. The van der Waals surface area contributed by atoms with Gasteiger partial charge in [0.05, 0.1) is 0 Å². The molecule has 5 nitrogen and oxygen atoms in total. The lowest BCUT2D eigenvalue weighted by Crippen LogP contribution is -1.98. The molecule has 0 bridgehead atoms. The molecule has 0 aliphatic carbocycles. The molecule has 2 rings (SSSR count). The van der Waals surface area contributed by atoms with Gasteiger partial charge in [-0.15, -0.1) is 0 Å². The van der Waals surface area contributed by atoms with Crippen molar-refractivity contribution in [3.63, 3.8) is 0 Å². The topological polar surface area (TPSA) is 62.0 Å². The minimum Gasteiger partial charge on any atom is -0.488 e. The molecule has 5 heteroatoms. The Morgan fingerprint density at radius 2 is 2.08 bits per heavy atom. The molecule has 1 heterocycles. The molecule has 1 aromatic carbocycles. The summed E-state index contributed by atoms with van der Waals surface area (Å²) in [5.41, 5.74) is 0. The van der Waals surface area contributed by atoms with Gasteiger partial charge in [0.15, 0.2) is 0 Å². The van der Waals surface area contributed by atoms with Crippen molar-refractivity contribution >= 4 is 0 Å². The van der Waals surface area contributed by atoms with E-state index in [0.717, 1.165) is 5.75 Å². The molecule has 0 amide bonds. The fourth-order valence-corrected chi connectivity index (χ4v) is 0.886. The van der Waals surface area contributed by atoms with Crippen LogP contribution in [-0.4, -0.2) is 15.5 Å². The predicted molar refractivity (Wildman–Crippen MR) is 43.9 cm³/mol. The average Bonchev–Trinajstić information content (AvgIpc) is 2.69. The molecule has 0 saturated heterocycles. The molecule has 2 aromatic rings. The highest BCUT2D eigenvalue weighted by Crippen LogP contribution is 2.08. The van der Waals surface area contributed by atoms with Gasteiger partial charge >= 0.3 is 0 Å². The van der Waals surface area contributed by atoms with E-state index in [1.807, 2.05) is 30.3 Å². The van der Waals surface area contributed by atoms with Crippen LogP contribution in [0.5, 0.6) is 5.75 Å². The first-order valence-corrected chi connectivity index (χ1v) is 3.80. The number of para-hydroxylation sites is 1. The molecule has 0 aliphatic rings. The van der Waals surface area contributed by atoms with E-state index in [-0.39, 0.29) is 0 Å². The second-order valence-corrected chi connectivity index (χ2v) is 2.40. The van der Waals surface area contributed by atoms with Crippen molar-refractivity contribution in [2.75, 3.05) is 0 Å². The lowest BCUT2D eigenvalue weighted by Gasteiger charge is -2.04. The van der Waals surface area contributed by atoms with Crippen molar-refractivity contribution in [3.8, 4) is 5.75 Å². The number of benzene rings is 1. The lowest BCUT2D eigenvalue weighted by atomic mass is 10.3. The van der Waals surface area contributed by atoms with Crippen LogP contribution in [0.25, 0.3) is 0 Å². The van der Waals surface area contributed by atoms with Crippen molar-refractivity contribution in [2.45, 2.75) is 6.61 Å². The Balaban J connectivity index is 1.94. The molecule has 0 saturated carbocycles. The van der Waals surface area contributed by atoms with Crippen LogP contribution in [0.4, 0.5) is 0 Å². The van der Waals surface area contributed by atoms with Gasteiger partial charge in [-0.2, -0.15) is 5.21 Å². The van der Waals surface area contributed by atoms with E-state index in [4.69, 9.17) is 4.74 Å². The summed E-state index contributed by atoms with van der Waals surface area (Å²) >= 11 is 0. The third-order valence-corrected chi connectivity index (χ3v) is 1.47. The summed E-state index contributed by atoms with van der Waals surface area (Å²) in [5, 5.41) is 14.0. The van der Waals surface area contributed by atoms with Crippen LogP contribution >= 0.6 is 0 Å². The number of nitrogens with zero attached hydrogens (tertiary/aromatic N) is 4. The van der Waals surface area contributed by atoms with Crippen molar-refractivity contribution in [1.82, 2.24) is 20.6 Å². The molecule has 0 N–H and O–H groups in total. The van der Waals surface area contributed by atoms with Gasteiger partial charge in [-0.3, -0.25) is 10.3 Å². The SMILES string of the molecule is c1ccc(OCc2nnn[n-]2)cc1. The summed E-state index contributed by atoms with van der Waals surface area (Å²) in [6.45, 7) is 0.303. The van der Waals surface area contributed by atoms with E-state index in [1.54, 1.807) is 0 Å². The number of ether oxygens (including phenoxy) is 1. The second-order valence-electron chi connectivity index (χ2n) is 2.40. The third kappa shape index (κ3) is 2.02. The Morgan fingerprint density at radius 1 is 1.23 bits per heavy atom. The van der Waals surface area contributed by atoms with Crippen LogP contribution in [0.1, 0.15) is 5.82 Å². The van der Waals surface area contributed by atoms with Gasteiger partial charge in [0.1, 0.15) is 12.4 Å². The van der Waals surface area contributed by atoms with Crippen LogP contribution in [0, 0.1) is 0 Å². The zero-order valence-corrected chi connectivity index (χ0v) is 6.79. The van der Waals surface area contributed by atoms with Crippen molar-refractivity contribution < 1.29 is 4.74 Å². The normalized spacial score (nSPS) is 9.85. The standard InChI is InChI=1S/C8H7N4O/c1-2-4-7(5-3-1)13-6-8-9-11-12-10-8/h1-5H,6H2/q-1. The summed E-state index contributed by atoms with van der Waals surface area (Å²) in [6, 6.07) is 9.46. The van der Waals surface area contributed by atoms with Gasteiger partial charge in [0, 0.05) is 5.82 Å². The minimum atomic E-state index is 0.303. The van der Waals surface area contributed by atoms with Gasteiger partial charge in [-0.25, -0.2) is 0 Å². The Morgan fingerprint density at radius 3 is 2.77 bits per heavy atom. The Labute approximate surface area is 74.7 Å². The van der Waals surface area contributed by atoms with Gasteiger partial charge in [-0.1, -0.05) is 18.2 Å². The van der Waals surface area contributed by atoms with Crippen LogP contribution in [0.3, 0.4) is 0 Å². The number of rotatable bonds is 3. The number of aromatic nitrogens is 4. The van der Waals surface area contributed by atoms with E-state index in [1.165, 1.54) is 0 Å². The van der Waals surface area contributed by atoms with Gasteiger partial charge < -0.3 is 9.84 Å². The maximum atomic E-state index is 5.35. The molecule has 0 atom stereocenters. The van der Waals surface area contributed by atoms with E-state index in [0.29, 0.717) is 12.4 Å². The van der Waals surface area contributed by atoms with E-state index in [2.05, 4.69) is 20.6 Å². The van der Waals surface area contributed by atoms with Gasteiger partial charge in [-0.05, 0) is 12.1 Å². The third-order valence-electron chi connectivity index (χ3n) is 1.47. The van der Waals surface area contributed by atoms with Crippen LogP contribution < -0.4 is 9.84 Å². The second kappa shape index (κ2) is 3.66. The summed E-state index contributed by atoms with van der Waals surface area (Å²) in [4.78, 5) is 0. The molecular weight excluding hydrogens is 168 g/mol. The molecule has 0 radical (unpaired) electrons. The minimum absolute atomic E-state index is 0.303. The Hall–Kier alpha value is -1.91. The highest BCUT2D eigenvalue weighted by Gasteiger charge is 1.91. The molecular formula is C8H7N4O-. The average molecular weight is 175 g/mol. The van der Waals surface area contributed by atoms with Crippen LogP contribution in [0.2, 0.25) is 0 Å². The van der Waals surface area contributed by atoms with Crippen molar-refractivity contribution in [1.29, 1.82) is 0 Å². The molecule has 0 spiro atoms. The monoisotopic (exact) mass is 175 g/mol. The first kappa shape index (κ1) is 7.72. The summed E-state index contributed by atoms with van der Waals surface area (Å²) in [5.74, 6) is 1.27. The molecule has 0 fully saturated rings. The number of tetrazole rings is 1. The zero-order valence-electron chi connectivity index (χ0n) is 6.79. The molecule has 0 unspecified atom stereocenters. The summed E-state index contributed by atoms with van der Waals surface area (Å²) in [7, 11) is 0. The zero-order chi connectivity index (χ0) is 8.93. The maximum absolute atomic E-state index is 5.35. The van der Waals surface area contributed by atoms with E-state index in [9.17, 15) is 0 Å². The molecule has 13 heavy (non-hydrogen) atoms. The first-order valence-electron chi connectivity index (χ1n) is 3.80. The first-order chi connectivity index (χ1) is 6.45. The lowest BCUT2D eigenvalue weighted by molar-refractivity contribution is 0.295. The predicted octanol–water partition coefficient (Wildman–Crippen LogP) is 0.408. The van der Waals surface area contributed by atoms with Crippen LogP contribution in [-0.2, 0) is 6.61 Å². The Kier molecular flexibility index (Phi) is 2.18. The van der Waals surface area contributed by atoms with E-state index < -0.39 is 0 Å². The number of hydrogen-bond donors (Lipinski definition) is 0. The molecule has 1 aromatic heterocycles. The van der Waals surface area contributed by atoms with E-state index >= 15 is 0 Å². The summed E-state index contributed by atoms with van der Waals surface area (Å²) in [6.07, 6.45) is 0. The van der Waals surface area contributed by atoms with Crippen LogP contribution in [0.15, 0.2) is 30.3 Å². The summed E-state index contributed by atoms with van der Waals surface area (Å²) < 4.78 is 5.35.